The van der Waals surface area contributed by atoms with Gasteiger partial charge in [-0.15, -0.1) is 0 Å². The van der Waals surface area contributed by atoms with Crippen molar-refractivity contribution in [2.75, 3.05) is 13.2 Å². The van der Waals surface area contributed by atoms with Crippen molar-refractivity contribution in [3.05, 3.63) is 47.5 Å². The number of benzene rings is 1. The molecule has 2 aromatic rings. The van der Waals surface area contributed by atoms with Crippen LogP contribution in [0, 0.1) is 0 Å². The Morgan fingerprint density at radius 1 is 1.14 bits per heavy atom. The molecule has 4 nitrogen and oxygen atoms in total. The molecule has 0 amide bonds. The van der Waals surface area contributed by atoms with E-state index in [1.165, 1.54) is 29.8 Å². The fraction of sp³-hybridized carbons (Fsp3) is 0.471. The predicted molar refractivity (Wildman–Crippen MR) is 83.6 cm³/mol. The van der Waals surface area contributed by atoms with Crippen LogP contribution >= 0.6 is 0 Å². The number of nitrogens with zero attached hydrogens (tertiary/aromatic N) is 2. The van der Waals surface area contributed by atoms with E-state index in [-0.39, 0.29) is 0 Å². The van der Waals surface area contributed by atoms with Crippen molar-refractivity contribution in [1.82, 2.24) is 9.55 Å². The van der Waals surface area contributed by atoms with Crippen LogP contribution in [0.2, 0.25) is 0 Å². The third-order valence-electron chi connectivity index (χ3n) is 4.07. The third-order valence-corrected chi connectivity index (χ3v) is 4.07. The van der Waals surface area contributed by atoms with Crippen molar-refractivity contribution in [2.24, 2.45) is 5.73 Å². The summed E-state index contributed by atoms with van der Waals surface area (Å²) in [7, 11) is 0. The maximum atomic E-state index is 5.82. The molecule has 0 unspecified atom stereocenters. The number of fused-ring (bicyclic) bond motifs is 1. The normalized spacial score (nSPS) is 14.0. The lowest BCUT2D eigenvalue weighted by molar-refractivity contribution is 0.296. The number of hydrogen-bond donors (Lipinski definition) is 1. The predicted octanol–water partition coefficient (Wildman–Crippen LogP) is 2.34. The lowest BCUT2D eigenvalue weighted by atomic mass is 10.0. The summed E-state index contributed by atoms with van der Waals surface area (Å²) in [6.07, 6.45) is 7.72. The number of rotatable bonds is 6. The molecule has 0 radical (unpaired) electrons. The van der Waals surface area contributed by atoms with Crippen LogP contribution in [0.25, 0.3) is 0 Å². The molecular formula is C17H23N3O. The minimum Gasteiger partial charge on any atom is -0.492 e. The van der Waals surface area contributed by atoms with Crippen LogP contribution < -0.4 is 10.5 Å². The summed E-state index contributed by atoms with van der Waals surface area (Å²) in [5.74, 6) is 0.921. The standard InChI is InChI=1S/C17H23N3O/c18-10-9-14-5-7-15(8-6-14)21-12-11-20-13-19-16-3-1-2-4-17(16)20/h5-8,13H,1-4,9-12,18H2. The van der Waals surface area contributed by atoms with E-state index in [4.69, 9.17) is 10.5 Å². The first kappa shape index (κ1) is 14.1. The molecule has 112 valence electrons. The summed E-state index contributed by atoms with van der Waals surface area (Å²) in [6.45, 7) is 2.23. The Hall–Kier alpha value is -1.81. The molecule has 2 N–H and O–H groups in total. The van der Waals surface area contributed by atoms with Gasteiger partial charge in [-0.2, -0.15) is 0 Å². The van der Waals surface area contributed by atoms with Crippen LogP contribution in [0.1, 0.15) is 29.8 Å². The van der Waals surface area contributed by atoms with Gasteiger partial charge in [-0.1, -0.05) is 12.1 Å². The maximum Gasteiger partial charge on any atom is 0.119 e. The molecule has 1 heterocycles. The highest BCUT2D eigenvalue weighted by Gasteiger charge is 2.14. The average molecular weight is 285 g/mol. The van der Waals surface area contributed by atoms with Gasteiger partial charge in [-0.3, -0.25) is 0 Å². The molecule has 1 aliphatic carbocycles. The van der Waals surface area contributed by atoms with Gasteiger partial charge in [0.15, 0.2) is 0 Å². The van der Waals surface area contributed by atoms with Crippen molar-refractivity contribution >= 4 is 0 Å². The number of aromatic nitrogens is 2. The van der Waals surface area contributed by atoms with E-state index in [0.717, 1.165) is 31.6 Å². The number of nitrogens with two attached hydrogens (primary N) is 1. The van der Waals surface area contributed by atoms with Crippen molar-refractivity contribution in [1.29, 1.82) is 0 Å². The zero-order chi connectivity index (χ0) is 14.5. The number of aryl methyl sites for hydroxylation is 1. The largest absolute Gasteiger partial charge is 0.492 e. The molecule has 0 saturated carbocycles. The van der Waals surface area contributed by atoms with Crippen LogP contribution in [0.3, 0.4) is 0 Å². The second-order valence-electron chi connectivity index (χ2n) is 5.57. The Balaban J connectivity index is 1.52. The second-order valence-corrected chi connectivity index (χ2v) is 5.57. The highest BCUT2D eigenvalue weighted by molar-refractivity contribution is 5.27. The Bertz CT molecular complexity index is 574. The molecule has 0 saturated heterocycles. The summed E-state index contributed by atoms with van der Waals surface area (Å²) in [5, 5.41) is 0. The molecule has 1 aliphatic rings. The summed E-state index contributed by atoms with van der Waals surface area (Å²) < 4.78 is 8.07. The molecule has 21 heavy (non-hydrogen) atoms. The van der Waals surface area contributed by atoms with E-state index in [1.807, 2.05) is 18.5 Å². The van der Waals surface area contributed by atoms with Crippen LogP contribution in [0.5, 0.6) is 5.75 Å². The van der Waals surface area contributed by atoms with E-state index in [0.29, 0.717) is 13.2 Å². The van der Waals surface area contributed by atoms with Crippen LogP contribution in [-0.2, 0) is 25.8 Å². The van der Waals surface area contributed by atoms with Crippen molar-refractivity contribution < 1.29 is 4.74 Å². The highest BCUT2D eigenvalue weighted by Crippen LogP contribution is 2.20. The first-order chi connectivity index (χ1) is 10.4. The smallest absolute Gasteiger partial charge is 0.119 e. The van der Waals surface area contributed by atoms with E-state index >= 15 is 0 Å². The van der Waals surface area contributed by atoms with Gasteiger partial charge in [0.25, 0.3) is 0 Å². The molecule has 0 fully saturated rings. The van der Waals surface area contributed by atoms with Gasteiger partial charge in [0, 0.05) is 5.69 Å². The van der Waals surface area contributed by atoms with Crippen molar-refractivity contribution in [3.8, 4) is 5.75 Å². The van der Waals surface area contributed by atoms with E-state index < -0.39 is 0 Å². The first-order valence-corrected chi connectivity index (χ1v) is 7.81. The maximum absolute atomic E-state index is 5.82. The van der Waals surface area contributed by atoms with E-state index in [9.17, 15) is 0 Å². The second kappa shape index (κ2) is 6.76. The van der Waals surface area contributed by atoms with Crippen molar-refractivity contribution in [2.45, 2.75) is 38.6 Å². The molecule has 0 bridgehead atoms. The van der Waals surface area contributed by atoms with Gasteiger partial charge in [-0.25, -0.2) is 4.98 Å². The zero-order valence-electron chi connectivity index (χ0n) is 12.4. The summed E-state index contributed by atoms with van der Waals surface area (Å²) in [6, 6.07) is 8.21. The Morgan fingerprint density at radius 3 is 2.76 bits per heavy atom. The molecular weight excluding hydrogens is 262 g/mol. The summed E-state index contributed by atoms with van der Waals surface area (Å²) in [4.78, 5) is 4.51. The fourth-order valence-electron chi connectivity index (χ4n) is 2.90. The molecule has 4 heteroatoms. The topological polar surface area (TPSA) is 53.1 Å². The molecule has 0 atom stereocenters. The minimum absolute atomic E-state index is 0.680. The number of ether oxygens (including phenoxy) is 1. The van der Waals surface area contributed by atoms with Gasteiger partial charge in [-0.05, 0) is 56.3 Å². The fourth-order valence-corrected chi connectivity index (χ4v) is 2.90. The van der Waals surface area contributed by atoms with Crippen LogP contribution in [0.4, 0.5) is 0 Å². The summed E-state index contributed by atoms with van der Waals surface area (Å²) >= 11 is 0. The Morgan fingerprint density at radius 2 is 1.95 bits per heavy atom. The van der Waals surface area contributed by atoms with Gasteiger partial charge >= 0.3 is 0 Å². The lowest BCUT2D eigenvalue weighted by Crippen LogP contribution is -2.12. The highest BCUT2D eigenvalue weighted by atomic mass is 16.5. The van der Waals surface area contributed by atoms with E-state index in [2.05, 4.69) is 21.7 Å². The molecule has 0 spiro atoms. The van der Waals surface area contributed by atoms with Crippen LogP contribution in [-0.4, -0.2) is 22.7 Å². The van der Waals surface area contributed by atoms with Gasteiger partial charge in [0.2, 0.25) is 0 Å². The molecule has 3 rings (SSSR count). The zero-order valence-corrected chi connectivity index (χ0v) is 12.4. The lowest BCUT2D eigenvalue weighted by Gasteiger charge is -2.14. The monoisotopic (exact) mass is 285 g/mol. The Kier molecular flexibility index (Phi) is 4.55. The number of imidazole rings is 1. The third kappa shape index (κ3) is 3.45. The van der Waals surface area contributed by atoms with Gasteiger partial charge in [0.1, 0.15) is 12.4 Å². The Labute approximate surface area is 125 Å². The SMILES string of the molecule is NCCc1ccc(OCCn2cnc3c2CCCC3)cc1. The minimum atomic E-state index is 0.680. The average Bonchev–Trinajstić information content (AvgIpc) is 2.93. The quantitative estimate of drug-likeness (QED) is 0.886. The molecule has 0 aliphatic heterocycles. The van der Waals surface area contributed by atoms with Gasteiger partial charge in [0.05, 0.1) is 18.6 Å². The van der Waals surface area contributed by atoms with Crippen LogP contribution in [0.15, 0.2) is 30.6 Å². The number of hydrogen-bond acceptors (Lipinski definition) is 3. The summed E-state index contributed by atoms with van der Waals surface area (Å²) in [5.41, 5.74) is 9.50. The molecule has 1 aromatic carbocycles. The molecule has 1 aromatic heterocycles. The van der Waals surface area contributed by atoms with E-state index in [1.54, 1.807) is 0 Å². The van der Waals surface area contributed by atoms with Gasteiger partial charge < -0.3 is 15.0 Å². The van der Waals surface area contributed by atoms with Crippen molar-refractivity contribution in [3.63, 3.8) is 0 Å². The first-order valence-electron chi connectivity index (χ1n) is 7.81.